The Bertz CT molecular complexity index is 1110. The van der Waals surface area contributed by atoms with Crippen LogP contribution in [-0.4, -0.2) is 100 Å². The van der Waals surface area contributed by atoms with Gasteiger partial charge in [-0.15, -0.1) is 0 Å². The standard InChI is InChI=1S/C26H40N6O6S/c1-38-16-12-23(33)29-26(27)31-14-10-20(11-15-31)18-28-24(34)22-9-6-13-32(22)25(35)21(30-39(2,36)37)17-19-7-4-3-5-8-19/h3-5,7-8,20-22,30H,6,9-18H2,1-2H3,(H,28,34)(H2,27,29,33)/t21-,22+/m1/s1. The monoisotopic (exact) mass is 564 g/mol. The molecule has 2 aliphatic heterocycles. The summed E-state index contributed by atoms with van der Waals surface area (Å²) in [6.07, 6.45) is 4.10. The van der Waals surface area contributed by atoms with Crippen molar-refractivity contribution in [1.29, 1.82) is 5.41 Å². The van der Waals surface area contributed by atoms with E-state index in [2.05, 4.69) is 15.4 Å². The van der Waals surface area contributed by atoms with Crippen LogP contribution in [0.4, 0.5) is 0 Å². The molecular formula is C26H40N6O6S. The summed E-state index contributed by atoms with van der Waals surface area (Å²) in [5.74, 6) is -0.609. The summed E-state index contributed by atoms with van der Waals surface area (Å²) in [5.41, 5.74) is 0.821. The van der Waals surface area contributed by atoms with Crippen molar-refractivity contribution in [2.24, 2.45) is 5.92 Å². The largest absolute Gasteiger partial charge is 0.384 e. The summed E-state index contributed by atoms with van der Waals surface area (Å²) in [7, 11) is -2.13. The SMILES string of the molecule is COCCC(=O)NC(=N)N1CCC(CNC(=O)[C@@H]2CCCN2C(=O)[C@@H](Cc2ccccc2)NS(C)(=O)=O)CC1. The summed E-state index contributed by atoms with van der Waals surface area (Å²) < 4.78 is 31.3. The molecule has 12 nitrogen and oxygen atoms in total. The maximum absolute atomic E-state index is 13.4. The summed E-state index contributed by atoms with van der Waals surface area (Å²) in [6.45, 7) is 2.33. The summed E-state index contributed by atoms with van der Waals surface area (Å²) in [5, 5.41) is 13.7. The van der Waals surface area contributed by atoms with Crippen LogP contribution in [0.15, 0.2) is 30.3 Å². The van der Waals surface area contributed by atoms with Crippen LogP contribution in [0, 0.1) is 11.3 Å². The van der Waals surface area contributed by atoms with Crippen LogP contribution in [0.3, 0.4) is 0 Å². The molecule has 13 heteroatoms. The Hall–Kier alpha value is -3.03. The maximum Gasteiger partial charge on any atom is 0.242 e. The van der Waals surface area contributed by atoms with E-state index in [1.54, 1.807) is 0 Å². The van der Waals surface area contributed by atoms with Crippen molar-refractivity contribution in [3.05, 3.63) is 35.9 Å². The van der Waals surface area contributed by atoms with E-state index in [1.165, 1.54) is 12.0 Å². The molecule has 2 saturated heterocycles. The normalized spacial score (nSPS) is 19.0. The van der Waals surface area contributed by atoms with Gasteiger partial charge in [-0.1, -0.05) is 30.3 Å². The van der Waals surface area contributed by atoms with Gasteiger partial charge in [0.25, 0.3) is 0 Å². The third-order valence-electron chi connectivity index (χ3n) is 7.06. The van der Waals surface area contributed by atoms with E-state index in [-0.39, 0.29) is 36.5 Å². The number of guanidine groups is 1. The Kier molecular flexibility index (Phi) is 11.3. The highest BCUT2D eigenvalue weighted by molar-refractivity contribution is 7.88. The predicted molar refractivity (Wildman–Crippen MR) is 146 cm³/mol. The molecule has 1 aromatic rings. The second-order valence-electron chi connectivity index (χ2n) is 10.1. The molecule has 0 saturated carbocycles. The van der Waals surface area contributed by atoms with Gasteiger partial charge in [0.05, 0.1) is 19.3 Å². The molecule has 3 rings (SSSR count). The zero-order valence-corrected chi connectivity index (χ0v) is 23.5. The van der Waals surface area contributed by atoms with Gasteiger partial charge < -0.3 is 19.9 Å². The van der Waals surface area contributed by atoms with Gasteiger partial charge in [-0.3, -0.25) is 25.1 Å². The number of piperidine rings is 1. The molecule has 2 fully saturated rings. The number of carbonyl (C=O) groups is 3. The number of ether oxygens (including phenoxy) is 1. The lowest BCUT2D eigenvalue weighted by Crippen LogP contribution is -2.54. The predicted octanol–water partition coefficient (Wildman–Crippen LogP) is 0.0536. The minimum absolute atomic E-state index is 0.0754. The summed E-state index contributed by atoms with van der Waals surface area (Å²) >= 11 is 0. The minimum Gasteiger partial charge on any atom is -0.384 e. The number of hydrogen-bond donors (Lipinski definition) is 4. The van der Waals surface area contributed by atoms with E-state index in [9.17, 15) is 22.8 Å². The third kappa shape index (κ3) is 9.59. The molecule has 0 unspecified atom stereocenters. The number of methoxy groups -OCH3 is 1. The van der Waals surface area contributed by atoms with Gasteiger partial charge in [-0.2, -0.15) is 0 Å². The van der Waals surface area contributed by atoms with Crippen molar-refractivity contribution in [1.82, 2.24) is 25.2 Å². The Labute approximate surface area is 230 Å². The molecule has 2 aliphatic rings. The highest BCUT2D eigenvalue weighted by Gasteiger charge is 2.38. The molecule has 0 spiro atoms. The molecule has 39 heavy (non-hydrogen) atoms. The van der Waals surface area contributed by atoms with E-state index >= 15 is 0 Å². The quantitative estimate of drug-likeness (QED) is 0.218. The van der Waals surface area contributed by atoms with Crippen molar-refractivity contribution in [3.8, 4) is 0 Å². The molecule has 0 aliphatic carbocycles. The second-order valence-corrected chi connectivity index (χ2v) is 11.9. The molecular weight excluding hydrogens is 524 g/mol. The van der Waals surface area contributed by atoms with E-state index in [1.807, 2.05) is 35.2 Å². The zero-order chi connectivity index (χ0) is 28.4. The highest BCUT2D eigenvalue weighted by Crippen LogP contribution is 2.21. The van der Waals surface area contributed by atoms with Crippen molar-refractivity contribution >= 4 is 33.7 Å². The number of benzene rings is 1. The molecule has 0 bridgehead atoms. The molecule has 0 aromatic heterocycles. The van der Waals surface area contributed by atoms with Gasteiger partial charge in [0.15, 0.2) is 5.96 Å². The van der Waals surface area contributed by atoms with E-state index in [4.69, 9.17) is 10.1 Å². The lowest BCUT2D eigenvalue weighted by atomic mass is 9.96. The fraction of sp³-hybridized carbons (Fsp3) is 0.615. The number of hydrogen-bond acceptors (Lipinski definition) is 7. The highest BCUT2D eigenvalue weighted by atomic mass is 32.2. The molecule has 216 valence electrons. The molecule has 0 radical (unpaired) electrons. The average molecular weight is 565 g/mol. The maximum atomic E-state index is 13.4. The van der Waals surface area contributed by atoms with Crippen LogP contribution in [0.25, 0.3) is 0 Å². The van der Waals surface area contributed by atoms with Gasteiger partial charge in [-0.05, 0) is 43.6 Å². The van der Waals surface area contributed by atoms with Crippen LogP contribution < -0.4 is 15.4 Å². The average Bonchev–Trinajstić information content (AvgIpc) is 3.40. The van der Waals surface area contributed by atoms with Crippen LogP contribution >= 0.6 is 0 Å². The Morgan fingerprint density at radius 3 is 2.44 bits per heavy atom. The Balaban J connectivity index is 1.51. The number of carbonyl (C=O) groups excluding carboxylic acids is 3. The smallest absolute Gasteiger partial charge is 0.242 e. The number of rotatable bonds is 11. The van der Waals surface area contributed by atoms with Crippen LogP contribution in [0.5, 0.6) is 0 Å². The summed E-state index contributed by atoms with van der Waals surface area (Å²) in [4.78, 5) is 41.7. The van der Waals surface area contributed by atoms with Gasteiger partial charge >= 0.3 is 0 Å². The first kappa shape index (κ1) is 30.5. The number of nitrogens with one attached hydrogen (secondary N) is 4. The topological polar surface area (TPSA) is 161 Å². The lowest BCUT2D eigenvalue weighted by molar-refractivity contribution is -0.139. The zero-order valence-electron chi connectivity index (χ0n) is 22.6. The van der Waals surface area contributed by atoms with E-state index < -0.39 is 28.0 Å². The van der Waals surface area contributed by atoms with Crippen molar-refractivity contribution in [2.75, 3.05) is 46.2 Å². The first-order valence-corrected chi connectivity index (χ1v) is 15.2. The fourth-order valence-corrected chi connectivity index (χ4v) is 5.68. The Morgan fingerprint density at radius 1 is 1.10 bits per heavy atom. The second kappa shape index (κ2) is 14.4. The first-order valence-electron chi connectivity index (χ1n) is 13.3. The lowest BCUT2D eigenvalue weighted by Gasteiger charge is -2.34. The van der Waals surface area contributed by atoms with Crippen LogP contribution in [0.1, 0.15) is 37.7 Å². The number of amides is 3. The molecule has 2 atom stereocenters. The van der Waals surface area contributed by atoms with Crippen molar-refractivity contribution in [2.45, 2.75) is 50.6 Å². The van der Waals surface area contributed by atoms with Crippen molar-refractivity contribution < 1.29 is 27.5 Å². The van der Waals surface area contributed by atoms with Gasteiger partial charge in [0.2, 0.25) is 27.7 Å². The molecule has 3 amide bonds. The van der Waals surface area contributed by atoms with Gasteiger partial charge in [0.1, 0.15) is 12.1 Å². The van der Waals surface area contributed by atoms with Gasteiger partial charge in [-0.25, -0.2) is 13.1 Å². The molecule has 4 N–H and O–H groups in total. The van der Waals surface area contributed by atoms with E-state index in [0.29, 0.717) is 45.6 Å². The number of likely N-dealkylation sites (tertiary alicyclic amines) is 2. The van der Waals surface area contributed by atoms with Gasteiger partial charge in [0, 0.05) is 33.3 Å². The number of sulfonamides is 1. The first-order chi connectivity index (χ1) is 18.6. The third-order valence-corrected chi connectivity index (χ3v) is 7.78. The van der Waals surface area contributed by atoms with Crippen LogP contribution in [0.2, 0.25) is 0 Å². The summed E-state index contributed by atoms with van der Waals surface area (Å²) in [6, 6.07) is 7.53. The fourth-order valence-electron chi connectivity index (χ4n) is 4.98. The molecule has 2 heterocycles. The Morgan fingerprint density at radius 2 is 1.79 bits per heavy atom. The molecule has 1 aromatic carbocycles. The number of nitrogens with zero attached hydrogens (tertiary/aromatic N) is 2. The van der Waals surface area contributed by atoms with Crippen molar-refractivity contribution in [3.63, 3.8) is 0 Å². The van der Waals surface area contributed by atoms with Crippen LogP contribution in [-0.2, 0) is 35.6 Å². The van der Waals surface area contributed by atoms with E-state index in [0.717, 1.165) is 24.7 Å². The minimum atomic E-state index is -3.65.